The molecular formula is C26H30FN5O3. The van der Waals surface area contributed by atoms with E-state index < -0.39 is 18.1 Å². The van der Waals surface area contributed by atoms with Gasteiger partial charge in [0.15, 0.2) is 0 Å². The minimum Gasteiger partial charge on any atom is -0.493 e. The highest BCUT2D eigenvalue weighted by Gasteiger charge is 2.36. The highest BCUT2D eigenvalue weighted by atomic mass is 19.1. The summed E-state index contributed by atoms with van der Waals surface area (Å²) in [5.41, 5.74) is 4.60. The summed E-state index contributed by atoms with van der Waals surface area (Å²) in [6, 6.07) is 5.22. The zero-order valence-corrected chi connectivity index (χ0v) is 20.2. The van der Waals surface area contributed by atoms with Crippen LogP contribution in [0.15, 0.2) is 24.5 Å². The SMILES string of the molecule is CCC(=O)N1C[C@@H](F)[C@H](NC(=O)c2c(C)[nH]c3c(-c4cc(C)ccc4OCC4CC4)ncnc23)C1. The van der Waals surface area contributed by atoms with Crippen LogP contribution in [0.2, 0.25) is 0 Å². The fourth-order valence-corrected chi connectivity index (χ4v) is 4.62. The maximum Gasteiger partial charge on any atom is 0.255 e. The fourth-order valence-electron chi connectivity index (χ4n) is 4.62. The fraction of sp³-hybridized carbons (Fsp3) is 0.462. The average molecular weight is 480 g/mol. The first kappa shape index (κ1) is 23.3. The number of halogens is 1. The number of fused-ring (bicyclic) bond motifs is 1. The van der Waals surface area contributed by atoms with E-state index in [4.69, 9.17) is 4.74 Å². The van der Waals surface area contributed by atoms with Crippen molar-refractivity contribution in [1.82, 2.24) is 25.2 Å². The van der Waals surface area contributed by atoms with Gasteiger partial charge in [0.25, 0.3) is 5.91 Å². The number of nitrogens with zero attached hydrogens (tertiary/aromatic N) is 3. The first-order valence-electron chi connectivity index (χ1n) is 12.2. The molecule has 2 atom stereocenters. The quantitative estimate of drug-likeness (QED) is 0.538. The van der Waals surface area contributed by atoms with Crippen molar-refractivity contribution >= 4 is 22.8 Å². The van der Waals surface area contributed by atoms with Gasteiger partial charge in [-0.05, 0) is 44.7 Å². The van der Waals surface area contributed by atoms with Gasteiger partial charge < -0.3 is 19.9 Å². The molecule has 2 aromatic heterocycles. The maximum absolute atomic E-state index is 14.6. The van der Waals surface area contributed by atoms with Crippen molar-refractivity contribution in [3.63, 3.8) is 0 Å². The van der Waals surface area contributed by atoms with E-state index in [9.17, 15) is 14.0 Å². The molecule has 0 unspecified atom stereocenters. The lowest BCUT2D eigenvalue weighted by Crippen LogP contribution is -2.42. The molecule has 0 bridgehead atoms. The number of carbonyl (C=O) groups excluding carboxylic acids is 2. The molecule has 1 saturated heterocycles. The molecule has 8 nitrogen and oxygen atoms in total. The van der Waals surface area contributed by atoms with E-state index in [-0.39, 0.29) is 19.0 Å². The van der Waals surface area contributed by atoms with E-state index in [0.717, 1.165) is 16.9 Å². The first-order chi connectivity index (χ1) is 16.9. The molecule has 2 amide bonds. The number of alkyl halides is 1. The van der Waals surface area contributed by atoms with Crippen molar-refractivity contribution in [2.45, 2.75) is 52.2 Å². The van der Waals surface area contributed by atoms with Crippen LogP contribution in [-0.4, -0.2) is 63.6 Å². The van der Waals surface area contributed by atoms with Gasteiger partial charge in [0.05, 0.1) is 30.3 Å². The van der Waals surface area contributed by atoms with Crippen LogP contribution in [0, 0.1) is 19.8 Å². The molecule has 3 heterocycles. The van der Waals surface area contributed by atoms with Crippen LogP contribution in [0.4, 0.5) is 4.39 Å². The molecule has 2 fully saturated rings. The molecule has 9 heteroatoms. The van der Waals surface area contributed by atoms with Gasteiger partial charge in [-0.15, -0.1) is 0 Å². The molecule has 3 aromatic rings. The number of aryl methyl sites for hydroxylation is 2. The number of aromatic amines is 1. The molecule has 0 radical (unpaired) electrons. The summed E-state index contributed by atoms with van der Waals surface area (Å²) in [7, 11) is 0. The van der Waals surface area contributed by atoms with E-state index in [2.05, 4.69) is 20.3 Å². The smallest absolute Gasteiger partial charge is 0.255 e. The average Bonchev–Trinajstić information content (AvgIpc) is 3.51. The van der Waals surface area contributed by atoms with Crippen molar-refractivity contribution < 1.29 is 18.7 Å². The minimum atomic E-state index is -1.32. The van der Waals surface area contributed by atoms with Crippen molar-refractivity contribution in [1.29, 1.82) is 0 Å². The van der Waals surface area contributed by atoms with Gasteiger partial charge >= 0.3 is 0 Å². The number of H-pyrrole nitrogens is 1. The molecule has 5 rings (SSSR count). The van der Waals surface area contributed by atoms with Crippen molar-refractivity contribution in [2.75, 3.05) is 19.7 Å². The zero-order chi connectivity index (χ0) is 24.7. The second-order valence-corrected chi connectivity index (χ2v) is 9.57. The van der Waals surface area contributed by atoms with Gasteiger partial charge in [-0.2, -0.15) is 0 Å². The zero-order valence-electron chi connectivity index (χ0n) is 20.2. The number of rotatable bonds is 7. The summed E-state index contributed by atoms with van der Waals surface area (Å²) < 4.78 is 20.7. The number of benzene rings is 1. The monoisotopic (exact) mass is 479 g/mol. The molecule has 1 aromatic carbocycles. The number of hydrogen-bond acceptors (Lipinski definition) is 5. The molecule has 1 aliphatic carbocycles. The van der Waals surface area contributed by atoms with Crippen LogP contribution in [0.5, 0.6) is 5.75 Å². The van der Waals surface area contributed by atoms with E-state index >= 15 is 0 Å². The van der Waals surface area contributed by atoms with E-state index in [1.54, 1.807) is 13.8 Å². The van der Waals surface area contributed by atoms with E-state index in [1.165, 1.54) is 24.1 Å². The molecule has 2 aliphatic rings. The summed E-state index contributed by atoms with van der Waals surface area (Å²) in [6.07, 6.45) is 2.81. The summed E-state index contributed by atoms with van der Waals surface area (Å²) >= 11 is 0. The first-order valence-corrected chi connectivity index (χ1v) is 12.2. The van der Waals surface area contributed by atoms with Crippen LogP contribution in [0.25, 0.3) is 22.3 Å². The molecular weight excluding hydrogens is 449 g/mol. The number of carbonyl (C=O) groups is 2. The summed E-state index contributed by atoms with van der Waals surface area (Å²) in [5.74, 6) is 0.804. The van der Waals surface area contributed by atoms with E-state index in [0.29, 0.717) is 46.9 Å². The highest BCUT2D eigenvalue weighted by Crippen LogP contribution is 2.37. The third-order valence-electron chi connectivity index (χ3n) is 6.78. The van der Waals surface area contributed by atoms with Crippen LogP contribution in [0.1, 0.15) is 47.8 Å². The predicted molar refractivity (Wildman–Crippen MR) is 130 cm³/mol. The minimum absolute atomic E-state index is 0.00615. The third-order valence-corrected chi connectivity index (χ3v) is 6.78. The highest BCUT2D eigenvalue weighted by molar-refractivity contribution is 6.09. The van der Waals surface area contributed by atoms with Crippen LogP contribution in [0.3, 0.4) is 0 Å². The second-order valence-electron chi connectivity index (χ2n) is 9.57. The molecule has 184 valence electrons. The Morgan fingerprint density at radius 2 is 2.03 bits per heavy atom. The number of likely N-dealkylation sites (tertiary alicyclic amines) is 1. The maximum atomic E-state index is 14.6. The lowest BCUT2D eigenvalue weighted by atomic mass is 10.1. The van der Waals surface area contributed by atoms with Gasteiger partial charge in [0.1, 0.15) is 29.5 Å². The Labute approximate surface area is 203 Å². The molecule has 1 saturated carbocycles. The van der Waals surface area contributed by atoms with Crippen molar-refractivity contribution in [2.24, 2.45) is 5.92 Å². The Bertz CT molecular complexity index is 1290. The molecule has 35 heavy (non-hydrogen) atoms. The largest absolute Gasteiger partial charge is 0.493 e. The Hall–Kier alpha value is -3.49. The Morgan fingerprint density at radius 1 is 1.23 bits per heavy atom. The van der Waals surface area contributed by atoms with Crippen LogP contribution in [-0.2, 0) is 4.79 Å². The van der Waals surface area contributed by atoms with Gasteiger partial charge in [-0.1, -0.05) is 18.6 Å². The number of amides is 2. The van der Waals surface area contributed by atoms with Gasteiger partial charge in [-0.25, -0.2) is 14.4 Å². The number of hydrogen-bond donors (Lipinski definition) is 2. The van der Waals surface area contributed by atoms with Gasteiger partial charge in [0, 0.05) is 24.2 Å². The van der Waals surface area contributed by atoms with Crippen LogP contribution >= 0.6 is 0 Å². The lowest BCUT2D eigenvalue weighted by Gasteiger charge is -2.16. The number of ether oxygens (including phenoxy) is 1. The summed E-state index contributed by atoms with van der Waals surface area (Å²) in [5, 5.41) is 2.78. The lowest BCUT2D eigenvalue weighted by molar-refractivity contribution is -0.130. The van der Waals surface area contributed by atoms with Gasteiger partial charge in [0.2, 0.25) is 5.91 Å². The van der Waals surface area contributed by atoms with Gasteiger partial charge in [-0.3, -0.25) is 9.59 Å². The number of nitrogens with one attached hydrogen (secondary N) is 2. The molecule has 1 aliphatic heterocycles. The normalized spacial score (nSPS) is 19.8. The second kappa shape index (κ2) is 9.28. The summed E-state index contributed by atoms with van der Waals surface area (Å²) in [4.78, 5) is 38.9. The standard InChI is InChI=1S/C26H30FN5O3/c1-4-21(33)32-10-18(27)19(11-32)31-26(34)22-15(3)30-25-23(28-13-29-24(22)25)17-9-14(2)5-8-20(17)35-12-16-6-7-16/h5,8-9,13,16,18-19,30H,4,6-7,10-12H2,1-3H3,(H,31,34)/t18-,19-/m1/s1. The van der Waals surface area contributed by atoms with Crippen molar-refractivity contribution in [3.05, 3.63) is 41.3 Å². The predicted octanol–water partition coefficient (Wildman–Crippen LogP) is 3.72. The number of aromatic nitrogens is 3. The molecule has 2 N–H and O–H groups in total. The van der Waals surface area contributed by atoms with E-state index in [1.807, 2.05) is 25.1 Å². The summed E-state index contributed by atoms with van der Waals surface area (Å²) in [6.45, 7) is 6.36. The topological polar surface area (TPSA) is 100 Å². The molecule has 0 spiro atoms. The third kappa shape index (κ3) is 4.59. The Morgan fingerprint density at radius 3 is 2.77 bits per heavy atom. The Kier molecular flexibility index (Phi) is 6.17. The van der Waals surface area contributed by atoms with Crippen LogP contribution < -0.4 is 10.1 Å². The van der Waals surface area contributed by atoms with Crippen molar-refractivity contribution in [3.8, 4) is 17.0 Å². The Balaban J connectivity index is 1.46.